The maximum absolute atomic E-state index is 11.9. The summed E-state index contributed by atoms with van der Waals surface area (Å²) < 4.78 is 1.19. The summed E-state index contributed by atoms with van der Waals surface area (Å²) in [4.78, 5) is 26.9. The number of carboxylic acids is 1. The van der Waals surface area contributed by atoms with Crippen molar-refractivity contribution in [2.45, 2.75) is 13.0 Å². The molecule has 128 valence electrons. The van der Waals surface area contributed by atoms with Crippen molar-refractivity contribution in [1.82, 2.24) is 9.55 Å². The number of nitrogen functional groups attached to an aromatic ring is 1. The Morgan fingerprint density at radius 3 is 2.76 bits per heavy atom. The Hall–Kier alpha value is -3.27. The van der Waals surface area contributed by atoms with Crippen LogP contribution in [-0.4, -0.2) is 31.6 Å². The van der Waals surface area contributed by atoms with E-state index < -0.39 is 18.4 Å². The Morgan fingerprint density at radius 1 is 1.32 bits per heavy atom. The molecule has 9 nitrogen and oxygen atoms in total. The molecule has 0 fully saturated rings. The number of nitrogens with two attached hydrogens (primary N) is 1. The molecule has 0 aliphatic carbocycles. The fourth-order valence-electron chi connectivity index (χ4n) is 2.37. The molecule has 0 aliphatic heterocycles. The lowest BCUT2D eigenvalue weighted by Gasteiger charge is -2.02. The number of carbonyl (C=O) groups excluding carboxylic acids is 1. The molecular weight excluding hydrogens is 346 g/mol. The number of benzene rings is 1. The third-order valence-electron chi connectivity index (χ3n) is 3.37. The second-order valence-electron chi connectivity index (χ2n) is 5.12. The quantitative estimate of drug-likeness (QED) is 0.596. The number of hydrogen-bond donors (Lipinski definition) is 3. The average Bonchev–Trinajstić information content (AvgIpc) is 3.08. The predicted molar refractivity (Wildman–Crippen MR) is 91.0 cm³/mol. The number of fused-ring (bicyclic) bond motifs is 1. The van der Waals surface area contributed by atoms with Crippen LogP contribution in [0.5, 0.6) is 5.88 Å². The molecule has 25 heavy (non-hydrogen) atoms. The molecule has 0 atom stereocenters. The van der Waals surface area contributed by atoms with Gasteiger partial charge in [0.25, 0.3) is 5.91 Å². The Labute approximate surface area is 145 Å². The van der Waals surface area contributed by atoms with Gasteiger partial charge < -0.3 is 15.9 Å². The van der Waals surface area contributed by atoms with Gasteiger partial charge in [-0.1, -0.05) is 18.2 Å². The lowest BCUT2D eigenvalue weighted by molar-refractivity contribution is -0.137. The number of amides is 1. The van der Waals surface area contributed by atoms with E-state index in [9.17, 15) is 14.7 Å². The molecule has 0 unspecified atom stereocenters. The number of carboxylic acid groups (broad SMARTS) is 1. The van der Waals surface area contributed by atoms with Crippen LogP contribution < -0.4 is 5.73 Å². The van der Waals surface area contributed by atoms with Crippen molar-refractivity contribution in [3.05, 3.63) is 35.3 Å². The zero-order valence-corrected chi connectivity index (χ0v) is 13.6. The van der Waals surface area contributed by atoms with Gasteiger partial charge in [-0.3, -0.25) is 14.2 Å². The van der Waals surface area contributed by atoms with Gasteiger partial charge in [0.2, 0.25) is 5.88 Å². The van der Waals surface area contributed by atoms with E-state index in [1.165, 1.54) is 15.9 Å². The van der Waals surface area contributed by atoms with Gasteiger partial charge in [0.05, 0.1) is 17.6 Å². The molecule has 0 saturated carbocycles. The molecule has 3 aromatic rings. The Kier molecular flexibility index (Phi) is 4.44. The number of carbonyl (C=O) groups is 2. The average molecular weight is 359 g/mol. The van der Waals surface area contributed by atoms with Gasteiger partial charge in [-0.2, -0.15) is 0 Å². The van der Waals surface area contributed by atoms with Crippen molar-refractivity contribution in [3.63, 3.8) is 0 Å². The second-order valence-corrected chi connectivity index (χ2v) is 6.01. The number of aromatic hydroxyl groups is 1. The van der Waals surface area contributed by atoms with Gasteiger partial charge in [-0.25, -0.2) is 4.98 Å². The molecule has 0 saturated heterocycles. The summed E-state index contributed by atoms with van der Waals surface area (Å²) in [6.45, 7) is -0.437. The monoisotopic (exact) mass is 359 g/mol. The van der Waals surface area contributed by atoms with E-state index in [2.05, 4.69) is 15.2 Å². The zero-order chi connectivity index (χ0) is 18.0. The minimum atomic E-state index is -1.11. The maximum Gasteiger partial charge on any atom is 0.323 e. The highest BCUT2D eigenvalue weighted by molar-refractivity contribution is 7.13. The molecule has 0 spiro atoms. The molecule has 2 heterocycles. The van der Waals surface area contributed by atoms with Crippen LogP contribution in [0.25, 0.3) is 10.9 Å². The molecule has 0 radical (unpaired) electrons. The first-order valence-electron chi connectivity index (χ1n) is 7.12. The minimum Gasteiger partial charge on any atom is -0.493 e. The van der Waals surface area contributed by atoms with Gasteiger partial charge >= 0.3 is 5.97 Å². The van der Waals surface area contributed by atoms with Crippen molar-refractivity contribution in [2.75, 3.05) is 5.73 Å². The number of aliphatic carboxylic acids is 1. The summed E-state index contributed by atoms with van der Waals surface area (Å²) in [6.07, 6.45) is -0.0638. The first-order chi connectivity index (χ1) is 12.0. The van der Waals surface area contributed by atoms with E-state index >= 15 is 0 Å². The molecule has 10 heteroatoms. The summed E-state index contributed by atoms with van der Waals surface area (Å²) in [7, 11) is 0. The van der Waals surface area contributed by atoms with Crippen LogP contribution in [0.4, 0.5) is 10.8 Å². The van der Waals surface area contributed by atoms with Gasteiger partial charge in [-0.15, -0.1) is 21.6 Å². The number of hydrogen-bond acceptors (Lipinski definition) is 7. The van der Waals surface area contributed by atoms with Crippen LogP contribution in [0.15, 0.2) is 39.9 Å². The van der Waals surface area contributed by atoms with Gasteiger partial charge in [-0.05, 0) is 6.07 Å². The van der Waals surface area contributed by atoms with E-state index in [1.54, 1.807) is 29.6 Å². The lowest BCUT2D eigenvalue weighted by Crippen LogP contribution is -2.07. The van der Waals surface area contributed by atoms with Gasteiger partial charge in [0.1, 0.15) is 6.54 Å². The maximum atomic E-state index is 11.9. The summed E-state index contributed by atoms with van der Waals surface area (Å²) in [5.74, 6) is -2.03. The number of rotatable bonds is 5. The van der Waals surface area contributed by atoms with Crippen molar-refractivity contribution in [2.24, 2.45) is 10.2 Å². The number of nitrogens with zero attached hydrogens (tertiary/aromatic N) is 4. The number of azo groups is 1. The molecular formula is C15H13N5O4S. The largest absolute Gasteiger partial charge is 0.493 e. The predicted octanol–water partition coefficient (Wildman–Crippen LogP) is 2.32. The van der Waals surface area contributed by atoms with Crippen LogP contribution in [-0.2, 0) is 22.6 Å². The summed E-state index contributed by atoms with van der Waals surface area (Å²) in [5, 5.41) is 29.2. The molecule has 1 amide bonds. The third kappa shape index (κ3) is 3.48. The summed E-state index contributed by atoms with van der Waals surface area (Å²) >= 11 is 1.22. The molecule has 1 aromatic carbocycles. The fraction of sp³-hybridized carbons (Fsp3) is 0.133. The fourth-order valence-corrected chi connectivity index (χ4v) is 2.93. The first-order valence-corrected chi connectivity index (χ1v) is 8.00. The smallest absolute Gasteiger partial charge is 0.323 e. The Bertz CT molecular complexity index is 991. The molecule has 2 aromatic heterocycles. The number of thiazole rings is 1. The van der Waals surface area contributed by atoms with E-state index in [-0.39, 0.29) is 18.0 Å². The summed E-state index contributed by atoms with van der Waals surface area (Å²) in [5.41, 5.74) is 6.52. The highest BCUT2D eigenvalue weighted by Crippen LogP contribution is 2.38. The summed E-state index contributed by atoms with van der Waals surface area (Å²) in [6, 6.07) is 6.73. The Balaban J connectivity index is 1.91. The molecule has 0 aliphatic rings. The van der Waals surface area contributed by atoms with Gasteiger partial charge in [0, 0.05) is 10.8 Å². The van der Waals surface area contributed by atoms with Crippen LogP contribution in [0.2, 0.25) is 0 Å². The number of aromatic nitrogens is 2. The van der Waals surface area contributed by atoms with Crippen molar-refractivity contribution < 1.29 is 19.8 Å². The molecule has 4 N–H and O–H groups in total. The van der Waals surface area contributed by atoms with E-state index in [0.29, 0.717) is 21.7 Å². The molecule has 3 rings (SSSR count). The second kappa shape index (κ2) is 6.69. The number of anilines is 1. The zero-order valence-electron chi connectivity index (χ0n) is 12.8. The van der Waals surface area contributed by atoms with E-state index in [4.69, 9.17) is 10.8 Å². The highest BCUT2D eigenvalue weighted by atomic mass is 32.1. The van der Waals surface area contributed by atoms with Crippen LogP contribution >= 0.6 is 11.3 Å². The van der Waals surface area contributed by atoms with E-state index in [0.717, 1.165) is 0 Å². The highest BCUT2D eigenvalue weighted by Gasteiger charge is 2.18. The van der Waals surface area contributed by atoms with E-state index in [1.807, 2.05) is 0 Å². The van der Waals surface area contributed by atoms with Crippen molar-refractivity contribution >= 4 is 44.9 Å². The third-order valence-corrected chi connectivity index (χ3v) is 4.10. The van der Waals surface area contributed by atoms with Crippen molar-refractivity contribution in [3.8, 4) is 5.88 Å². The topological polar surface area (TPSA) is 143 Å². The number of para-hydroxylation sites is 1. The van der Waals surface area contributed by atoms with Crippen LogP contribution in [0, 0.1) is 0 Å². The van der Waals surface area contributed by atoms with Crippen molar-refractivity contribution in [1.29, 1.82) is 0 Å². The molecule has 0 bridgehead atoms. The first kappa shape index (κ1) is 16.6. The SMILES string of the molecule is Nc1nc(CC(=O)N=Nc2c(O)n(CC(=O)O)c3ccccc23)cs1. The Morgan fingerprint density at radius 2 is 2.08 bits per heavy atom. The standard InChI is InChI=1S/C15H13N5O4S/c16-15-17-8(7-25-15)5-11(21)18-19-13-9-3-1-2-4-10(9)20(14(13)24)6-12(22)23/h1-4,7,24H,5-6H2,(H2,16,17)(H,22,23). The lowest BCUT2D eigenvalue weighted by atomic mass is 10.2. The minimum absolute atomic E-state index is 0.0444. The van der Waals surface area contributed by atoms with Crippen LogP contribution in [0.1, 0.15) is 5.69 Å². The van der Waals surface area contributed by atoms with Gasteiger partial charge in [0.15, 0.2) is 10.8 Å². The normalized spacial score (nSPS) is 11.4. The van der Waals surface area contributed by atoms with Crippen LogP contribution in [0.3, 0.4) is 0 Å².